The number of hydrazine groups is 1. The van der Waals surface area contributed by atoms with Gasteiger partial charge in [-0.05, 0) is 24.1 Å². The number of pyridine rings is 1. The van der Waals surface area contributed by atoms with Gasteiger partial charge in [0.15, 0.2) is 0 Å². The highest BCUT2D eigenvalue weighted by molar-refractivity contribution is 5.82. The summed E-state index contributed by atoms with van der Waals surface area (Å²) >= 11 is 0. The topological polar surface area (TPSA) is 60.2 Å². The average molecular weight is 299 g/mol. The first-order valence-electron chi connectivity index (χ1n) is 6.45. The molecule has 2 rings (SSSR count). The van der Waals surface area contributed by atoms with Crippen molar-refractivity contribution in [2.45, 2.75) is 18.6 Å². The number of nitrogens with two attached hydrogens (primary N) is 1. The van der Waals surface area contributed by atoms with Gasteiger partial charge in [0.1, 0.15) is 6.61 Å². The van der Waals surface area contributed by atoms with Crippen LogP contribution >= 0.6 is 0 Å². The second-order valence-electron chi connectivity index (χ2n) is 4.59. The summed E-state index contributed by atoms with van der Waals surface area (Å²) in [6.45, 7) is -1.29. The molecule has 0 saturated heterocycles. The zero-order valence-corrected chi connectivity index (χ0v) is 11.2. The number of nitrogens with one attached hydrogen (secondary N) is 1. The van der Waals surface area contributed by atoms with Crippen molar-refractivity contribution in [2.75, 3.05) is 13.2 Å². The maximum absolute atomic E-state index is 12.0. The molecule has 0 aliphatic carbocycles. The molecule has 0 bridgehead atoms. The molecular weight excluding hydrogens is 283 g/mol. The monoisotopic (exact) mass is 299 g/mol. The van der Waals surface area contributed by atoms with Crippen molar-refractivity contribution < 1.29 is 17.9 Å². The lowest BCUT2D eigenvalue weighted by Gasteiger charge is -2.18. The highest BCUT2D eigenvalue weighted by atomic mass is 19.4. The number of nitrogens with zero attached hydrogens (tertiary/aromatic N) is 1. The lowest BCUT2D eigenvalue weighted by molar-refractivity contribution is -0.174. The van der Waals surface area contributed by atoms with Crippen LogP contribution in [0.3, 0.4) is 0 Å². The summed E-state index contributed by atoms with van der Waals surface area (Å²) in [5.41, 5.74) is 4.32. The van der Waals surface area contributed by atoms with Crippen LogP contribution in [0.5, 0.6) is 0 Å². The van der Waals surface area contributed by atoms with Gasteiger partial charge in [0.25, 0.3) is 0 Å². The maximum Gasteiger partial charge on any atom is 0.411 e. The first kappa shape index (κ1) is 15.7. The molecule has 0 fully saturated rings. The Labute approximate surface area is 120 Å². The summed E-state index contributed by atoms with van der Waals surface area (Å²) in [6, 6.07) is 8.99. The van der Waals surface area contributed by atoms with E-state index in [0.717, 1.165) is 16.5 Å². The van der Waals surface area contributed by atoms with E-state index in [1.54, 1.807) is 12.3 Å². The molecule has 4 nitrogen and oxygen atoms in total. The van der Waals surface area contributed by atoms with E-state index < -0.39 is 12.8 Å². The van der Waals surface area contributed by atoms with Gasteiger partial charge < -0.3 is 4.74 Å². The van der Waals surface area contributed by atoms with Crippen LogP contribution in [0.15, 0.2) is 36.5 Å². The largest absolute Gasteiger partial charge is 0.411 e. The smallest absolute Gasteiger partial charge is 0.372 e. The van der Waals surface area contributed by atoms with Crippen LogP contribution in [0.4, 0.5) is 13.2 Å². The van der Waals surface area contributed by atoms with Gasteiger partial charge in [0.2, 0.25) is 0 Å². The third-order valence-corrected chi connectivity index (χ3v) is 3.07. The lowest BCUT2D eigenvalue weighted by Crippen LogP contribution is -2.29. The molecule has 3 N–H and O–H groups in total. The minimum Gasteiger partial charge on any atom is -0.372 e. The van der Waals surface area contributed by atoms with Gasteiger partial charge in [0, 0.05) is 24.2 Å². The van der Waals surface area contributed by atoms with Crippen LogP contribution in [0.25, 0.3) is 10.9 Å². The van der Waals surface area contributed by atoms with E-state index >= 15 is 0 Å². The Balaban J connectivity index is 2.06. The van der Waals surface area contributed by atoms with Crippen LogP contribution in [0.1, 0.15) is 18.0 Å². The van der Waals surface area contributed by atoms with Crippen molar-refractivity contribution in [1.82, 2.24) is 10.4 Å². The molecule has 0 radical (unpaired) electrons. The predicted octanol–water partition coefficient (Wildman–Crippen LogP) is 2.71. The second kappa shape index (κ2) is 6.84. The van der Waals surface area contributed by atoms with Gasteiger partial charge in [-0.3, -0.25) is 16.3 Å². The third-order valence-electron chi connectivity index (χ3n) is 3.07. The van der Waals surface area contributed by atoms with E-state index in [-0.39, 0.29) is 12.6 Å². The molecule has 1 aromatic carbocycles. The van der Waals surface area contributed by atoms with Gasteiger partial charge in [-0.1, -0.05) is 18.2 Å². The molecular formula is C14H16F3N3O. The Morgan fingerprint density at radius 1 is 1.24 bits per heavy atom. The van der Waals surface area contributed by atoms with E-state index in [1.165, 1.54) is 0 Å². The average Bonchev–Trinajstić information content (AvgIpc) is 2.46. The van der Waals surface area contributed by atoms with E-state index in [0.29, 0.717) is 6.42 Å². The summed E-state index contributed by atoms with van der Waals surface area (Å²) in [5.74, 6) is 5.52. The summed E-state index contributed by atoms with van der Waals surface area (Å²) in [4.78, 5) is 4.24. The van der Waals surface area contributed by atoms with Crippen molar-refractivity contribution in [3.8, 4) is 0 Å². The Kier molecular flexibility index (Phi) is 5.11. The number of benzene rings is 1. The summed E-state index contributed by atoms with van der Waals surface area (Å²) in [5, 5.41) is 0.916. The van der Waals surface area contributed by atoms with Crippen LogP contribution in [0, 0.1) is 0 Å². The number of fused-ring (bicyclic) bond motifs is 1. The number of rotatable bonds is 6. The number of hydrogen-bond acceptors (Lipinski definition) is 4. The SMILES string of the molecule is NNC(CCOCC(F)(F)F)c1cccc2ncccc12. The van der Waals surface area contributed by atoms with Crippen LogP contribution in [-0.2, 0) is 4.74 Å². The quantitative estimate of drug-likeness (QED) is 0.489. The van der Waals surface area contributed by atoms with Gasteiger partial charge in [-0.15, -0.1) is 0 Å². The van der Waals surface area contributed by atoms with Crippen molar-refractivity contribution in [2.24, 2.45) is 5.84 Å². The van der Waals surface area contributed by atoms with E-state index in [9.17, 15) is 13.2 Å². The molecule has 114 valence electrons. The van der Waals surface area contributed by atoms with Crippen LogP contribution in [-0.4, -0.2) is 24.4 Å². The highest BCUT2D eigenvalue weighted by Crippen LogP contribution is 2.25. The second-order valence-corrected chi connectivity index (χ2v) is 4.59. The van der Waals surface area contributed by atoms with Gasteiger partial charge in [-0.2, -0.15) is 13.2 Å². The van der Waals surface area contributed by atoms with E-state index in [2.05, 4.69) is 15.1 Å². The number of halogens is 3. The molecule has 0 saturated carbocycles. The lowest BCUT2D eigenvalue weighted by atomic mass is 9.99. The number of hydrogen-bond donors (Lipinski definition) is 2. The van der Waals surface area contributed by atoms with Crippen molar-refractivity contribution >= 4 is 10.9 Å². The summed E-state index contributed by atoms with van der Waals surface area (Å²) < 4.78 is 40.7. The fourth-order valence-electron chi connectivity index (χ4n) is 2.15. The van der Waals surface area contributed by atoms with Crippen molar-refractivity contribution in [3.63, 3.8) is 0 Å². The third kappa shape index (κ3) is 4.38. The molecule has 1 atom stereocenters. The zero-order chi connectivity index (χ0) is 15.3. The van der Waals surface area contributed by atoms with Crippen molar-refractivity contribution in [1.29, 1.82) is 0 Å². The predicted molar refractivity (Wildman–Crippen MR) is 73.3 cm³/mol. The Morgan fingerprint density at radius 3 is 2.76 bits per heavy atom. The zero-order valence-electron chi connectivity index (χ0n) is 11.2. The van der Waals surface area contributed by atoms with Crippen LogP contribution in [0.2, 0.25) is 0 Å². The van der Waals surface area contributed by atoms with E-state index in [1.807, 2.05) is 24.3 Å². The Hall–Kier alpha value is -1.70. The molecule has 1 aromatic heterocycles. The minimum absolute atomic E-state index is 0.0367. The highest BCUT2D eigenvalue weighted by Gasteiger charge is 2.27. The molecule has 0 aliphatic rings. The molecule has 21 heavy (non-hydrogen) atoms. The Morgan fingerprint density at radius 2 is 2.05 bits per heavy atom. The fourth-order valence-corrected chi connectivity index (χ4v) is 2.15. The first-order valence-corrected chi connectivity index (χ1v) is 6.45. The molecule has 0 aliphatic heterocycles. The summed E-state index contributed by atoms with van der Waals surface area (Å²) in [6.07, 6.45) is -2.29. The first-order chi connectivity index (χ1) is 10.0. The molecule has 0 spiro atoms. The van der Waals surface area contributed by atoms with Gasteiger partial charge in [0.05, 0.1) is 5.52 Å². The van der Waals surface area contributed by atoms with E-state index in [4.69, 9.17) is 5.84 Å². The molecule has 1 unspecified atom stereocenters. The minimum atomic E-state index is -4.31. The fraction of sp³-hybridized carbons (Fsp3) is 0.357. The molecule has 0 amide bonds. The number of ether oxygens (including phenoxy) is 1. The van der Waals surface area contributed by atoms with Gasteiger partial charge >= 0.3 is 6.18 Å². The molecule has 2 aromatic rings. The normalized spacial score (nSPS) is 13.5. The van der Waals surface area contributed by atoms with Crippen LogP contribution < -0.4 is 11.3 Å². The molecule has 7 heteroatoms. The molecule has 1 heterocycles. The Bertz CT molecular complexity index is 584. The maximum atomic E-state index is 12.0. The number of aromatic nitrogens is 1. The number of alkyl halides is 3. The standard InChI is InChI=1S/C14H16F3N3O/c15-14(16,17)9-21-8-6-13(20-18)11-3-1-5-12-10(11)4-2-7-19-12/h1-5,7,13,20H,6,8-9,18H2. The van der Waals surface area contributed by atoms with Crippen molar-refractivity contribution in [3.05, 3.63) is 42.1 Å². The summed E-state index contributed by atoms with van der Waals surface area (Å²) in [7, 11) is 0. The van der Waals surface area contributed by atoms with Gasteiger partial charge in [-0.25, -0.2) is 0 Å².